The molecule has 1 saturated heterocycles. The minimum absolute atomic E-state index is 0.128. The van der Waals surface area contributed by atoms with Crippen molar-refractivity contribution in [3.63, 3.8) is 0 Å². The maximum Gasteiger partial charge on any atom is 0.326 e. The minimum Gasteiger partial charge on any atom is -0.480 e. The van der Waals surface area contributed by atoms with E-state index < -0.39 is 54.2 Å². The first-order chi connectivity index (χ1) is 19.0. The summed E-state index contributed by atoms with van der Waals surface area (Å²) in [7, 11) is 1.50. The van der Waals surface area contributed by atoms with E-state index in [1.54, 1.807) is 4.90 Å². The highest BCUT2D eigenvalue weighted by Gasteiger charge is 2.36. The lowest BCUT2D eigenvalue weighted by Crippen LogP contribution is -2.56. The summed E-state index contributed by atoms with van der Waals surface area (Å²) < 4.78 is 5.53. The molecular formula is C27H42N6O7. The molecule has 5 atom stereocenters. The van der Waals surface area contributed by atoms with Crippen LogP contribution in [0, 0.1) is 5.92 Å². The van der Waals surface area contributed by atoms with Gasteiger partial charge in [0.15, 0.2) is 0 Å². The zero-order valence-corrected chi connectivity index (χ0v) is 22.9. The Morgan fingerprint density at radius 1 is 1.10 bits per heavy atom. The van der Waals surface area contributed by atoms with E-state index in [9.17, 15) is 29.1 Å². The normalized spacial score (nSPS) is 19.2. The molecule has 0 radical (unpaired) electrons. The second-order valence-corrected chi connectivity index (χ2v) is 10.1. The number of nitrogens with one attached hydrogen (secondary N) is 2. The zero-order chi connectivity index (χ0) is 29.7. The van der Waals surface area contributed by atoms with Gasteiger partial charge in [-0.15, -0.1) is 0 Å². The van der Waals surface area contributed by atoms with Gasteiger partial charge in [0.1, 0.15) is 12.1 Å². The number of ether oxygens (including phenoxy) is 1. The van der Waals surface area contributed by atoms with Crippen LogP contribution in [0.1, 0.15) is 44.1 Å². The van der Waals surface area contributed by atoms with Crippen molar-refractivity contribution in [1.82, 2.24) is 15.5 Å². The van der Waals surface area contributed by atoms with E-state index >= 15 is 0 Å². The van der Waals surface area contributed by atoms with Crippen molar-refractivity contribution >= 4 is 29.6 Å². The Kier molecular flexibility index (Phi) is 13.5. The first kappa shape index (κ1) is 32.7. The molecule has 0 spiro atoms. The number of aliphatic carboxylic acids is 1. The average Bonchev–Trinajstić information content (AvgIpc) is 2.91. The number of carboxylic acids is 1. The molecule has 13 heteroatoms. The monoisotopic (exact) mass is 562 g/mol. The third-order valence-corrected chi connectivity index (χ3v) is 6.96. The first-order valence-electron chi connectivity index (χ1n) is 13.5. The molecular weight excluding hydrogens is 520 g/mol. The molecule has 0 aromatic heterocycles. The van der Waals surface area contributed by atoms with Gasteiger partial charge in [-0.2, -0.15) is 0 Å². The Morgan fingerprint density at radius 3 is 2.40 bits per heavy atom. The fourth-order valence-electron chi connectivity index (χ4n) is 4.82. The number of benzene rings is 1. The molecule has 0 unspecified atom stereocenters. The van der Waals surface area contributed by atoms with Crippen molar-refractivity contribution in [3.05, 3.63) is 35.9 Å². The molecule has 1 aliphatic heterocycles. The fraction of sp³-hybridized carbons (Fsp3) is 0.593. The van der Waals surface area contributed by atoms with Crippen LogP contribution in [-0.4, -0.2) is 90.6 Å². The van der Waals surface area contributed by atoms with Crippen molar-refractivity contribution in [2.24, 2.45) is 23.1 Å². The van der Waals surface area contributed by atoms with Gasteiger partial charge >= 0.3 is 5.97 Å². The van der Waals surface area contributed by atoms with Gasteiger partial charge in [-0.1, -0.05) is 30.3 Å². The van der Waals surface area contributed by atoms with Gasteiger partial charge < -0.3 is 42.6 Å². The molecule has 0 aliphatic carbocycles. The molecule has 4 amide bonds. The molecule has 1 aliphatic rings. The lowest BCUT2D eigenvalue weighted by atomic mass is 9.90. The summed E-state index contributed by atoms with van der Waals surface area (Å²) in [6, 6.07) is 6.23. The van der Waals surface area contributed by atoms with Crippen molar-refractivity contribution in [2.45, 2.75) is 69.2 Å². The molecule has 40 heavy (non-hydrogen) atoms. The number of carbonyl (C=O) groups excluding carboxylic acids is 4. The number of methoxy groups -OCH3 is 1. The third-order valence-electron chi connectivity index (χ3n) is 6.96. The third kappa shape index (κ3) is 10.5. The molecule has 0 saturated carbocycles. The maximum absolute atomic E-state index is 13.6. The summed E-state index contributed by atoms with van der Waals surface area (Å²) >= 11 is 0. The van der Waals surface area contributed by atoms with E-state index in [2.05, 4.69) is 10.6 Å². The van der Waals surface area contributed by atoms with Crippen molar-refractivity contribution in [2.75, 3.05) is 26.7 Å². The number of nitrogens with two attached hydrogens (primary N) is 3. The van der Waals surface area contributed by atoms with Crippen LogP contribution in [0.3, 0.4) is 0 Å². The Balaban J connectivity index is 2.08. The highest BCUT2D eigenvalue weighted by atomic mass is 16.5. The highest BCUT2D eigenvalue weighted by molar-refractivity contribution is 5.90. The molecule has 9 N–H and O–H groups in total. The van der Waals surface area contributed by atoms with E-state index in [1.807, 2.05) is 30.3 Å². The Hall–Kier alpha value is -3.55. The van der Waals surface area contributed by atoms with Crippen LogP contribution < -0.4 is 27.8 Å². The molecule has 1 aromatic rings. The van der Waals surface area contributed by atoms with Crippen LogP contribution in [0.15, 0.2) is 30.3 Å². The number of amides is 4. The van der Waals surface area contributed by atoms with Gasteiger partial charge in [0.2, 0.25) is 23.6 Å². The van der Waals surface area contributed by atoms with Gasteiger partial charge in [0.05, 0.1) is 18.6 Å². The van der Waals surface area contributed by atoms with Gasteiger partial charge in [-0.3, -0.25) is 19.2 Å². The van der Waals surface area contributed by atoms with Gasteiger partial charge in [0.25, 0.3) is 0 Å². The number of hydrogen-bond acceptors (Lipinski definition) is 8. The Morgan fingerprint density at radius 2 is 1.80 bits per heavy atom. The fourth-order valence-corrected chi connectivity index (χ4v) is 4.82. The van der Waals surface area contributed by atoms with E-state index in [0.717, 1.165) is 5.56 Å². The van der Waals surface area contributed by atoms with Crippen molar-refractivity contribution < 1.29 is 33.8 Å². The summed E-state index contributed by atoms with van der Waals surface area (Å²) in [5.41, 5.74) is 17.8. The van der Waals surface area contributed by atoms with Crippen LogP contribution in [-0.2, 0) is 35.1 Å². The van der Waals surface area contributed by atoms with E-state index in [-0.39, 0.29) is 25.0 Å². The molecule has 1 heterocycles. The first-order valence-corrected chi connectivity index (χ1v) is 13.5. The van der Waals surface area contributed by atoms with Gasteiger partial charge in [-0.05, 0) is 44.2 Å². The van der Waals surface area contributed by atoms with Crippen LogP contribution >= 0.6 is 0 Å². The number of nitrogens with zero attached hydrogens (tertiary/aromatic N) is 1. The number of primary amides is 1. The summed E-state index contributed by atoms with van der Waals surface area (Å²) in [4.78, 5) is 63.3. The summed E-state index contributed by atoms with van der Waals surface area (Å²) in [5.74, 6) is -4.01. The Labute approximate surface area is 234 Å². The van der Waals surface area contributed by atoms with E-state index in [4.69, 9.17) is 21.9 Å². The smallest absolute Gasteiger partial charge is 0.326 e. The number of rotatable bonds is 16. The second-order valence-electron chi connectivity index (χ2n) is 10.1. The van der Waals surface area contributed by atoms with Gasteiger partial charge in [0, 0.05) is 32.5 Å². The number of unbranched alkanes of at least 4 members (excludes halogenated alkanes) is 1. The maximum atomic E-state index is 13.6. The summed E-state index contributed by atoms with van der Waals surface area (Å²) in [6.45, 7) is 0.970. The molecule has 13 nitrogen and oxygen atoms in total. The quantitative estimate of drug-likeness (QED) is 0.134. The highest BCUT2D eigenvalue weighted by Crippen LogP contribution is 2.24. The van der Waals surface area contributed by atoms with Gasteiger partial charge in [-0.25, -0.2) is 4.79 Å². The largest absolute Gasteiger partial charge is 0.480 e. The second kappa shape index (κ2) is 16.5. The van der Waals surface area contributed by atoms with Crippen LogP contribution in [0.25, 0.3) is 0 Å². The standard InChI is InChI=1S/C27H42N6O7/c1-40-22-10-12-33(16-18(22)14-24(35)31-21(27(38)39)15-23(30)34)26(37)20(9-5-6-11-28)32-25(36)19(29)13-17-7-3-2-4-8-17/h2-4,7-8,18-22H,5-6,9-16,28-29H2,1H3,(H2,30,34)(H,31,35)(H,32,36)(H,38,39)/t18-,19+,20+,21+,22+/m1/s1. The lowest BCUT2D eigenvalue weighted by Gasteiger charge is -2.39. The van der Waals surface area contributed by atoms with Crippen molar-refractivity contribution in [1.29, 1.82) is 0 Å². The van der Waals surface area contributed by atoms with Crippen molar-refractivity contribution in [3.8, 4) is 0 Å². The minimum atomic E-state index is -1.45. The predicted octanol–water partition coefficient (Wildman–Crippen LogP) is -1.13. The number of carbonyl (C=O) groups is 5. The number of piperidine rings is 1. The molecule has 222 valence electrons. The number of carboxylic acid groups (broad SMARTS) is 1. The molecule has 2 rings (SSSR count). The average molecular weight is 563 g/mol. The van der Waals surface area contributed by atoms with Crippen LogP contribution in [0.4, 0.5) is 0 Å². The Bertz CT molecular complexity index is 1010. The SMILES string of the molecule is CO[C@H]1CCN(C(=O)[C@H](CCCCN)NC(=O)[C@@H](N)Cc2ccccc2)C[C@H]1CC(=O)N[C@@H](CC(N)=O)C(=O)O. The van der Waals surface area contributed by atoms with Crippen LogP contribution in [0.5, 0.6) is 0 Å². The number of likely N-dealkylation sites (tertiary alicyclic amines) is 1. The molecule has 1 fully saturated rings. The van der Waals surface area contributed by atoms with E-state index in [1.165, 1.54) is 7.11 Å². The summed E-state index contributed by atoms with van der Waals surface area (Å²) in [6.07, 6.45) is 1.43. The zero-order valence-electron chi connectivity index (χ0n) is 22.9. The number of hydrogen-bond donors (Lipinski definition) is 6. The van der Waals surface area contributed by atoms with E-state index in [0.29, 0.717) is 45.2 Å². The molecule has 0 bridgehead atoms. The lowest BCUT2D eigenvalue weighted by molar-refractivity contribution is -0.144. The topological polar surface area (TPSA) is 220 Å². The predicted molar refractivity (Wildman–Crippen MR) is 146 cm³/mol. The van der Waals surface area contributed by atoms with Crippen LogP contribution in [0.2, 0.25) is 0 Å². The molecule has 1 aromatic carbocycles. The summed E-state index contributed by atoms with van der Waals surface area (Å²) in [5, 5.41) is 14.4.